The topological polar surface area (TPSA) is 39.7 Å². The minimum atomic E-state index is 0.689. The zero-order valence-corrected chi connectivity index (χ0v) is 14.1. The monoisotopic (exact) mass is 314 g/mol. The van der Waals surface area contributed by atoms with Crippen molar-refractivity contribution in [3.63, 3.8) is 0 Å². The summed E-state index contributed by atoms with van der Waals surface area (Å²) >= 11 is 0. The molecule has 1 saturated carbocycles. The van der Waals surface area contributed by atoms with Crippen LogP contribution in [0.15, 0.2) is 41.7 Å². The summed E-state index contributed by atoms with van der Waals surface area (Å²) in [5, 5.41) is 7.13. The van der Waals surface area contributed by atoms with E-state index in [2.05, 4.69) is 38.8 Å². The van der Waals surface area contributed by atoms with Gasteiger partial charge in [-0.15, -0.1) is 0 Å². The van der Waals surface area contributed by atoms with Crippen LogP contribution in [0.3, 0.4) is 0 Å². The van der Waals surface area contributed by atoms with Crippen molar-refractivity contribution in [3.05, 3.63) is 36.7 Å². The first-order chi connectivity index (χ1) is 11.4. The molecule has 1 unspecified atom stereocenters. The van der Waals surface area contributed by atoms with Gasteiger partial charge in [-0.3, -0.25) is 9.89 Å². The lowest BCUT2D eigenvalue weighted by atomic mass is 9.83. The lowest BCUT2D eigenvalue weighted by Gasteiger charge is -2.39. The molecule has 0 amide bonds. The van der Waals surface area contributed by atoms with Gasteiger partial charge in [0.15, 0.2) is 0 Å². The van der Waals surface area contributed by atoms with E-state index in [1.807, 2.05) is 18.5 Å². The number of piperazine rings is 1. The summed E-state index contributed by atoms with van der Waals surface area (Å²) < 4.78 is 0. The van der Waals surface area contributed by atoms with Crippen molar-refractivity contribution in [3.8, 4) is 0 Å². The van der Waals surface area contributed by atoms with E-state index in [1.165, 1.54) is 38.6 Å². The summed E-state index contributed by atoms with van der Waals surface area (Å²) in [5.41, 5.74) is 1.12. The molecule has 0 aromatic carbocycles. The quantitative estimate of drug-likeness (QED) is 0.820. The van der Waals surface area contributed by atoms with E-state index < -0.39 is 0 Å². The maximum atomic E-state index is 4.46. The van der Waals surface area contributed by atoms with Crippen LogP contribution >= 0.6 is 0 Å². The fraction of sp³-hybridized carbons (Fsp3) is 0.632. The van der Waals surface area contributed by atoms with Crippen LogP contribution in [0.25, 0.3) is 0 Å². The Morgan fingerprint density at radius 3 is 3.00 bits per heavy atom. The molecule has 1 atom stereocenters. The number of rotatable bonds is 5. The molecule has 2 fully saturated rings. The van der Waals surface area contributed by atoms with Crippen molar-refractivity contribution in [2.45, 2.75) is 44.6 Å². The Bertz CT molecular complexity index is 472. The van der Waals surface area contributed by atoms with Crippen LogP contribution in [0, 0.1) is 5.92 Å². The molecule has 2 N–H and O–H groups in total. The summed E-state index contributed by atoms with van der Waals surface area (Å²) in [5.74, 6) is 0.889. The van der Waals surface area contributed by atoms with Crippen molar-refractivity contribution in [2.75, 3.05) is 26.3 Å². The molecule has 0 aromatic heterocycles. The van der Waals surface area contributed by atoms with Gasteiger partial charge in [-0.1, -0.05) is 37.5 Å². The number of allylic oxidation sites excluding steroid dienone is 4. The number of nitrogens with one attached hydrogen (secondary N) is 2. The minimum Gasteiger partial charge on any atom is -0.377 e. The first kappa shape index (κ1) is 16.5. The molecule has 23 heavy (non-hydrogen) atoms. The molecule has 3 rings (SSSR count). The zero-order chi connectivity index (χ0) is 15.7. The molecule has 4 heteroatoms. The predicted octanol–water partition coefficient (Wildman–Crippen LogP) is 2.82. The fourth-order valence-electron chi connectivity index (χ4n) is 3.80. The van der Waals surface area contributed by atoms with E-state index in [0.29, 0.717) is 6.04 Å². The van der Waals surface area contributed by atoms with Crippen LogP contribution in [0.4, 0.5) is 0 Å². The predicted molar refractivity (Wildman–Crippen MR) is 97.4 cm³/mol. The normalized spacial score (nSPS) is 28.7. The van der Waals surface area contributed by atoms with E-state index >= 15 is 0 Å². The molecule has 0 radical (unpaired) electrons. The molecular weight excluding hydrogens is 284 g/mol. The highest BCUT2D eigenvalue weighted by Gasteiger charge is 2.27. The van der Waals surface area contributed by atoms with Crippen LogP contribution in [0.2, 0.25) is 0 Å². The lowest BCUT2D eigenvalue weighted by Crippen LogP contribution is -2.55. The second-order valence-corrected chi connectivity index (χ2v) is 6.83. The molecule has 0 bridgehead atoms. The van der Waals surface area contributed by atoms with Crippen LogP contribution in [-0.2, 0) is 0 Å². The van der Waals surface area contributed by atoms with E-state index in [0.717, 1.165) is 37.8 Å². The Kier molecular flexibility index (Phi) is 6.47. The SMILES string of the molecule is C1=CC/C(=N\C=C/NCN2CCNC(C3CCCCC3)C2)C=C1. The van der Waals surface area contributed by atoms with Crippen LogP contribution in [0.1, 0.15) is 38.5 Å². The molecule has 1 aliphatic heterocycles. The summed E-state index contributed by atoms with van der Waals surface area (Å²) in [4.78, 5) is 6.98. The van der Waals surface area contributed by atoms with Crippen molar-refractivity contribution in [2.24, 2.45) is 10.9 Å². The summed E-state index contributed by atoms with van der Waals surface area (Å²) in [7, 11) is 0. The smallest absolute Gasteiger partial charge is 0.0674 e. The first-order valence-corrected chi connectivity index (χ1v) is 9.16. The van der Waals surface area contributed by atoms with E-state index in [4.69, 9.17) is 0 Å². The average Bonchev–Trinajstić information content (AvgIpc) is 2.63. The van der Waals surface area contributed by atoms with Crippen molar-refractivity contribution >= 4 is 5.71 Å². The van der Waals surface area contributed by atoms with Crippen LogP contribution < -0.4 is 10.6 Å². The fourth-order valence-corrected chi connectivity index (χ4v) is 3.80. The van der Waals surface area contributed by atoms with Gasteiger partial charge in [0.1, 0.15) is 0 Å². The maximum Gasteiger partial charge on any atom is 0.0674 e. The molecule has 1 saturated heterocycles. The molecule has 2 aliphatic carbocycles. The third-order valence-corrected chi connectivity index (χ3v) is 5.12. The molecule has 3 aliphatic rings. The number of hydrogen-bond acceptors (Lipinski definition) is 4. The van der Waals surface area contributed by atoms with E-state index in [9.17, 15) is 0 Å². The molecule has 1 heterocycles. The van der Waals surface area contributed by atoms with Crippen molar-refractivity contribution in [1.82, 2.24) is 15.5 Å². The molecule has 4 nitrogen and oxygen atoms in total. The summed E-state index contributed by atoms with van der Waals surface area (Å²) in [6.45, 7) is 4.34. The lowest BCUT2D eigenvalue weighted by molar-refractivity contribution is 0.142. The van der Waals surface area contributed by atoms with Gasteiger partial charge in [-0.05, 0) is 24.8 Å². The van der Waals surface area contributed by atoms with Crippen LogP contribution in [0.5, 0.6) is 0 Å². The Labute approximate surface area is 140 Å². The highest BCUT2D eigenvalue weighted by atomic mass is 15.3. The number of nitrogens with zero attached hydrogens (tertiary/aromatic N) is 2. The third-order valence-electron chi connectivity index (χ3n) is 5.12. The van der Waals surface area contributed by atoms with Gasteiger partial charge in [-0.25, -0.2) is 0 Å². The molecule has 126 valence electrons. The Hall–Kier alpha value is -1.39. The second-order valence-electron chi connectivity index (χ2n) is 6.83. The second kappa shape index (κ2) is 9.04. The highest BCUT2D eigenvalue weighted by Crippen LogP contribution is 2.27. The zero-order valence-electron chi connectivity index (χ0n) is 14.1. The Balaban J connectivity index is 1.38. The standard InChI is InChI=1S/C19H30N4/c1-3-7-17(8-4-1)19-15-23(14-13-22-19)16-20-11-12-21-18-9-5-2-6-10-18/h2,5-6,9,11-12,17,19-20,22H,1,3-4,7-8,10,13-16H2/b12-11-,21-18-. The molecule has 0 spiro atoms. The van der Waals surface area contributed by atoms with Gasteiger partial charge < -0.3 is 10.6 Å². The largest absolute Gasteiger partial charge is 0.377 e. The third kappa shape index (κ3) is 5.33. The van der Waals surface area contributed by atoms with Crippen molar-refractivity contribution in [1.29, 1.82) is 0 Å². The maximum absolute atomic E-state index is 4.46. The van der Waals surface area contributed by atoms with Gasteiger partial charge in [-0.2, -0.15) is 0 Å². The Morgan fingerprint density at radius 1 is 1.26 bits per heavy atom. The summed E-state index contributed by atoms with van der Waals surface area (Å²) in [6.07, 6.45) is 20.2. The molecule has 0 aromatic rings. The number of aliphatic imine (C=N–C) groups is 1. The van der Waals surface area contributed by atoms with Gasteiger partial charge in [0, 0.05) is 50.2 Å². The average molecular weight is 314 g/mol. The molecular formula is C19H30N4. The summed E-state index contributed by atoms with van der Waals surface area (Å²) in [6, 6.07) is 0.689. The Morgan fingerprint density at radius 2 is 2.17 bits per heavy atom. The van der Waals surface area contributed by atoms with Gasteiger partial charge >= 0.3 is 0 Å². The van der Waals surface area contributed by atoms with Gasteiger partial charge in [0.05, 0.1) is 6.67 Å². The van der Waals surface area contributed by atoms with E-state index in [1.54, 1.807) is 0 Å². The van der Waals surface area contributed by atoms with Gasteiger partial charge in [0.25, 0.3) is 0 Å². The van der Waals surface area contributed by atoms with Gasteiger partial charge in [0.2, 0.25) is 0 Å². The minimum absolute atomic E-state index is 0.689. The van der Waals surface area contributed by atoms with Crippen molar-refractivity contribution < 1.29 is 0 Å². The first-order valence-electron chi connectivity index (χ1n) is 9.16. The van der Waals surface area contributed by atoms with Crippen LogP contribution in [-0.4, -0.2) is 43.0 Å². The highest BCUT2D eigenvalue weighted by molar-refractivity contribution is 5.97. The van der Waals surface area contributed by atoms with E-state index in [-0.39, 0.29) is 0 Å². The number of hydrogen-bond donors (Lipinski definition) is 2.